The van der Waals surface area contributed by atoms with E-state index in [1.54, 1.807) is 0 Å². The van der Waals surface area contributed by atoms with Crippen LogP contribution in [0.1, 0.15) is 52.9 Å². The Kier molecular flexibility index (Phi) is 2.78. The van der Waals surface area contributed by atoms with E-state index in [9.17, 15) is 4.79 Å². The molecule has 2 aliphatic rings. The van der Waals surface area contributed by atoms with Gasteiger partial charge in [-0.3, -0.25) is 4.79 Å². The van der Waals surface area contributed by atoms with E-state index in [2.05, 4.69) is 26.1 Å². The van der Waals surface area contributed by atoms with Gasteiger partial charge in [0.2, 0.25) is 5.91 Å². The van der Waals surface area contributed by atoms with Crippen LogP contribution < -0.4 is 5.32 Å². The van der Waals surface area contributed by atoms with Crippen LogP contribution in [0.4, 0.5) is 0 Å². The van der Waals surface area contributed by atoms with Crippen molar-refractivity contribution in [1.29, 1.82) is 0 Å². The highest BCUT2D eigenvalue weighted by Gasteiger charge is 2.43. The highest BCUT2D eigenvalue weighted by Crippen LogP contribution is 2.41. The van der Waals surface area contributed by atoms with E-state index < -0.39 is 0 Å². The molecule has 0 radical (unpaired) electrons. The van der Waals surface area contributed by atoms with Gasteiger partial charge in [-0.05, 0) is 44.4 Å². The lowest BCUT2D eigenvalue weighted by molar-refractivity contribution is -0.119. The lowest BCUT2D eigenvalue weighted by Gasteiger charge is -2.36. The number of amides is 1. The first-order valence-corrected chi connectivity index (χ1v) is 6.30. The molecule has 86 valence electrons. The van der Waals surface area contributed by atoms with Gasteiger partial charge >= 0.3 is 0 Å². The summed E-state index contributed by atoms with van der Waals surface area (Å²) in [6.45, 7) is 6.71. The predicted octanol–water partition coefficient (Wildman–Crippen LogP) is 2.73. The molecule has 0 spiro atoms. The molecule has 0 aromatic carbocycles. The third-order valence-electron chi connectivity index (χ3n) is 4.42. The maximum atomic E-state index is 11.5. The van der Waals surface area contributed by atoms with E-state index in [0.717, 1.165) is 18.3 Å². The van der Waals surface area contributed by atoms with Crippen LogP contribution in [0.2, 0.25) is 0 Å². The molecule has 2 fully saturated rings. The quantitative estimate of drug-likeness (QED) is 0.707. The number of carbonyl (C=O) groups is 1. The van der Waals surface area contributed by atoms with Crippen LogP contribution >= 0.6 is 0 Å². The summed E-state index contributed by atoms with van der Waals surface area (Å²) in [6.07, 6.45) is 6.11. The van der Waals surface area contributed by atoms with Crippen molar-refractivity contribution in [2.45, 2.75) is 58.4 Å². The third kappa shape index (κ3) is 2.19. The minimum absolute atomic E-state index is 0.0301. The third-order valence-corrected chi connectivity index (χ3v) is 4.42. The smallest absolute Gasteiger partial charge is 0.220 e. The zero-order chi connectivity index (χ0) is 11.1. The molecule has 1 aliphatic heterocycles. The van der Waals surface area contributed by atoms with Crippen molar-refractivity contribution in [1.82, 2.24) is 5.32 Å². The van der Waals surface area contributed by atoms with Crippen LogP contribution in [-0.2, 0) is 4.79 Å². The largest absolute Gasteiger partial charge is 0.351 e. The lowest BCUT2D eigenvalue weighted by Crippen LogP contribution is -2.42. The van der Waals surface area contributed by atoms with Crippen LogP contribution in [0, 0.1) is 17.8 Å². The van der Waals surface area contributed by atoms with Gasteiger partial charge in [0.05, 0.1) is 0 Å². The molecule has 1 atom stereocenters. The van der Waals surface area contributed by atoms with Crippen molar-refractivity contribution < 1.29 is 4.79 Å². The lowest BCUT2D eigenvalue weighted by atomic mass is 9.70. The zero-order valence-electron chi connectivity index (χ0n) is 10.2. The fourth-order valence-corrected chi connectivity index (χ4v) is 3.40. The second kappa shape index (κ2) is 3.80. The summed E-state index contributed by atoms with van der Waals surface area (Å²) < 4.78 is 0. The summed E-state index contributed by atoms with van der Waals surface area (Å²) in [5.41, 5.74) is 0.0301. The zero-order valence-corrected chi connectivity index (χ0v) is 10.2. The molecule has 1 N–H and O–H groups in total. The van der Waals surface area contributed by atoms with Gasteiger partial charge < -0.3 is 5.32 Å². The average molecular weight is 209 g/mol. The minimum atomic E-state index is 0.0301. The van der Waals surface area contributed by atoms with Gasteiger partial charge in [0.1, 0.15) is 0 Å². The monoisotopic (exact) mass is 209 g/mol. The molecule has 2 heteroatoms. The van der Waals surface area contributed by atoms with Crippen LogP contribution in [0.3, 0.4) is 0 Å². The Labute approximate surface area is 92.8 Å². The minimum Gasteiger partial charge on any atom is -0.351 e. The van der Waals surface area contributed by atoms with Crippen LogP contribution in [0.25, 0.3) is 0 Å². The Hall–Kier alpha value is -0.530. The van der Waals surface area contributed by atoms with Gasteiger partial charge in [-0.25, -0.2) is 0 Å². The van der Waals surface area contributed by atoms with E-state index in [4.69, 9.17) is 0 Å². The number of nitrogens with one attached hydrogen (secondary N) is 1. The summed E-state index contributed by atoms with van der Waals surface area (Å²) >= 11 is 0. The van der Waals surface area contributed by atoms with Gasteiger partial charge in [0, 0.05) is 12.0 Å². The normalized spacial score (nSPS) is 40.2. The molecule has 0 bridgehead atoms. The van der Waals surface area contributed by atoms with Gasteiger partial charge in [-0.15, -0.1) is 0 Å². The molecule has 2 rings (SSSR count). The Bertz CT molecular complexity index is 251. The molecular weight excluding hydrogens is 186 g/mol. The summed E-state index contributed by atoms with van der Waals surface area (Å²) in [5.74, 6) is 2.49. The highest BCUT2D eigenvalue weighted by molar-refractivity contribution is 5.79. The second-order valence-corrected chi connectivity index (χ2v) is 6.10. The van der Waals surface area contributed by atoms with Crippen LogP contribution in [-0.4, -0.2) is 11.4 Å². The molecule has 2 nitrogen and oxygen atoms in total. The molecule has 1 saturated heterocycles. The summed E-state index contributed by atoms with van der Waals surface area (Å²) in [4.78, 5) is 11.5. The number of hydrogen-bond donors (Lipinski definition) is 1. The second-order valence-electron chi connectivity index (χ2n) is 6.10. The molecule has 1 unspecified atom stereocenters. The fourth-order valence-electron chi connectivity index (χ4n) is 3.40. The van der Waals surface area contributed by atoms with Gasteiger partial charge in [0.15, 0.2) is 0 Å². The number of hydrogen-bond acceptors (Lipinski definition) is 1. The Morgan fingerprint density at radius 1 is 1.20 bits per heavy atom. The van der Waals surface area contributed by atoms with E-state index in [-0.39, 0.29) is 11.4 Å². The van der Waals surface area contributed by atoms with Crippen molar-refractivity contribution in [3.8, 4) is 0 Å². The molecule has 15 heavy (non-hydrogen) atoms. The molecule has 0 aromatic rings. The van der Waals surface area contributed by atoms with E-state index >= 15 is 0 Å². The Morgan fingerprint density at radius 3 is 2.27 bits per heavy atom. The van der Waals surface area contributed by atoms with Crippen LogP contribution in [0.5, 0.6) is 0 Å². The standard InChI is InChI=1S/C13H23NO/c1-9-4-6-10(7-5-9)11-8-12(15)14-13(11,2)3/h9-11H,4-8H2,1-3H3,(H,14,15). The first-order valence-electron chi connectivity index (χ1n) is 6.30. The van der Waals surface area contributed by atoms with E-state index in [0.29, 0.717) is 5.92 Å². The predicted molar refractivity (Wildman–Crippen MR) is 61.5 cm³/mol. The van der Waals surface area contributed by atoms with Crippen molar-refractivity contribution >= 4 is 5.91 Å². The molecule has 0 aromatic heterocycles. The summed E-state index contributed by atoms with van der Waals surface area (Å²) in [5, 5.41) is 3.11. The molecule has 1 saturated carbocycles. The molecular formula is C13H23NO. The van der Waals surface area contributed by atoms with Crippen molar-refractivity contribution in [3.05, 3.63) is 0 Å². The molecule has 1 aliphatic carbocycles. The summed E-state index contributed by atoms with van der Waals surface area (Å²) in [7, 11) is 0. The molecule has 1 amide bonds. The Balaban J connectivity index is 2.01. The average Bonchev–Trinajstić information content (AvgIpc) is 2.41. The number of carbonyl (C=O) groups excluding carboxylic acids is 1. The topological polar surface area (TPSA) is 29.1 Å². The highest BCUT2D eigenvalue weighted by atomic mass is 16.2. The maximum Gasteiger partial charge on any atom is 0.220 e. The maximum absolute atomic E-state index is 11.5. The first-order chi connectivity index (χ1) is 6.99. The van der Waals surface area contributed by atoms with Gasteiger partial charge in [-0.1, -0.05) is 19.8 Å². The van der Waals surface area contributed by atoms with E-state index in [1.165, 1.54) is 25.7 Å². The fraction of sp³-hybridized carbons (Fsp3) is 0.923. The van der Waals surface area contributed by atoms with Crippen molar-refractivity contribution in [2.75, 3.05) is 0 Å². The first kappa shape index (κ1) is 11.0. The number of rotatable bonds is 1. The van der Waals surface area contributed by atoms with Crippen LogP contribution in [0.15, 0.2) is 0 Å². The van der Waals surface area contributed by atoms with Crippen molar-refractivity contribution in [3.63, 3.8) is 0 Å². The SMILES string of the molecule is CC1CCC(C2CC(=O)NC2(C)C)CC1. The van der Waals surface area contributed by atoms with Gasteiger partial charge in [0.25, 0.3) is 0 Å². The molecule has 1 heterocycles. The Morgan fingerprint density at radius 2 is 1.80 bits per heavy atom. The van der Waals surface area contributed by atoms with Gasteiger partial charge in [-0.2, -0.15) is 0 Å². The summed E-state index contributed by atoms with van der Waals surface area (Å²) in [6, 6.07) is 0. The van der Waals surface area contributed by atoms with Crippen molar-refractivity contribution in [2.24, 2.45) is 17.8 Å². The van der Waals surface area contributed by atoms with E-state index in [1.807, 2.05) is 0 Å².